The van der Waals surface area contributed by atoms with Gasteiger partial charge in [0.15, 0.2) is 0 Å². The first-order chi connectivity index (χ1) is 16.1. The molecular weight excluding hydrogens is 396 g/mol. The Hall–Kier alpha value is -1.56. The summed E-state index contributed by atoms with van der Waals surface area (Å²) in [5.41, 5.74) is 6.69. The highest BCUT2D eigenvalue weighted by molar-refractivity contribution is 5.43. The minimum absolute atomic E-state index is 0.475. The van der Waals surface area contributed by atoms with Gasteiger partial charge >= 0.3 is 0 Å². The van der Waals surface area contributed by atoms with Crippen LogP contribution in [0.5, 0.6) is 0 Å². The molecule has 8 bridgehead atoms. The van der Waals surface area contributed by atoms with E-state index in [-0.39, 0.29) is 0 Å². The fourth-order valence-corrected chi connectivity index (χ4v) is 10.6. The van der Waals surface area contributed by atoms with Crippen LogP contribution in [0.15, 0.2) is 48.5 Å². The van der Waals surface area contributed by atoms with Gasteiger partial charge in [0.05, 0.1) is 6.42 Å². The van der Waals surface area contributed by atoms with Crippen molar-refractivity contribution in [3.63, 3.8) is 0 Å². The first-order valence-electron chi connectivity index (χ1n) is 14.0. The van der Waals surface area contributed by atoms with Gasteiger partial charge in [0.25, 0.3) is 0 Å². The zero-order valence-electron chi connectivity index (χ0n) is 19.9. The summed E-state index contributed by atoms with van der Waals surface area (Å²) in [5.74, 6) is 5.80. The van der Waals surface area contributed by atoms with Gasteiger partial charge in [0.2, 0.25) is 0 Å². The van der Waals surface area contributed by atoms with Crippen LogP contribution in [0.2, 0.25) is 0 Å². The van der Waals surface area contributed by atoms with Gasteiger partial charge in [-0.25, -0.2) is 0 Å². The Morgan fingerprint density at radius 3 is 1.30 bits per heavy atom. The van der Waals surface area contributed by atoms with E-state index in [4.69, 9.17) is 0 Å². The molecule has 2 aromatic carbocycles. The number of hydrogen-bond donors (Lipinski definition) is 0. The van der Waals surface area contributed by atoms with E-state index in [1.54, 1.807) is 11.1 Å². The van der Waals surface area contributed by atoms with Crippen LogP contribution < -0.4 is 0 Å². The standard InChI is InChI=1S/C33H37/c1-5-30(32-16-24-10-25(17-32)12-26(11-24)18-32)6-2-22(1)9-23-3-7-31(8-4-23)33-19-27-13-28(20-33)15-29(14-27)21-33/h1-8,10,24-29H,11-21H2. The maximum absolute atomic E-state index is 3.70. The van der Waals surface area contributed by atoms with Gasteiger partial charge in [-0.1, -0.05) is 48.5 Å². The van der Waals surface area contributed by atoms with Gasteiger partial charge in [-0.2, -0.15) is 0 Å². The van der Waals surface area contributed by atoms with Gasteiger partial charge in [-0.3, -0.25) is 0 Å². The molecule has 0 nitrogen and oxygen atoms in total. The van der Waals surface area contributed by atoms with E-state index >= 15 is 0 Å². The fourth-order valence-electron chi connectivity index (χ4n) is 10.6. The van der Waals surface area contributed by atoms with E-state index in [0.29, 0.717) is 10.8 Å². The van der Waals surface area contributed by atoms with E-state index in [9.17, 15) is 0 Å². The third-order valence-corrected chi connectivity index (χ3v) is 11.1. The molecule has 0 amide bonds. The van der Waals surface area contributed by atoms with Crippen LogP contribution in [0.1, 0.15) is 92.9 Å². The van der Waals surface area contributed by atoms with Crippen LogP contribution in [0, 0.1) is 48.3 Å². The van der Waals surface area contributed by atoms with Crippen LogP contribution in [-0.2, 0) is 10.8 Å². The lowest BCUT2D eigenvalue weighted by Gasteiger charge is -2.57. The third-order valence-electron chi connectivity index (χ3n) is 11.1. The van der Waals surface area contributed by atoms with E-state index in [1.807, 2.05) is 0 Å². The fraction of sp³-hybridized carbons (Fsp3) is 0.576. The minimum atomic E-state index is 0.475. The zero-order valence-corrected chi connectivity index (χ0v) is 19.9. The van der Waals surface area contributed by atoms with Crippen LogP contribution in [0.25, 0.3) is 0 Å². The van der Waals surface area contributed by atoms with Crippen molar-refractivity contribution in [1.82, 2.24) is 0 Å². The molecule has 8 saturated carbocycles. The lowest BCUT2D eigenvalue weighted by Crippen LogP contribution is -2.48. The highest BCUT2D eigenvalue weighted by Gasteiger charge is 2.52. The molecule has 0 spiro atoms. The van der Waals surface area contributed by atoms with Crippen LogP contribution in [-0.4, -0.2) is 0 Å². The number of rotatable bonds is 4. The molecule has 0 aromatic heterocycles. The molecule has 8 fully saturated rings. The van der Waals surface area contributed by atoms with Crippen molar-refractivity contribution in [3.8, 4) is 0 Å². The highest BCUT2D eigenvalue weighted by Crippen LogP contribution is 2.61. The molecule has 0 aliphatic heterocycles. The quantitative estimate of drug-likeness (QED) is 0.459. The molecule has 0 heteroatoms. The minimum Gasteiger partial charge on any atom is -0.0582 e. The number of benzene rings is 2. The summed E-state index contributed by atoms with van der Waals surface area (Å²) in [6.07, 6.45) is 22.5. The second-order valence-corrected chi connectivity index (χ2v) is 13.4. The van der Waals surface area contributed by atoms with Crippen molar-refractivity contribution in [2.45, 2.75) is 81.5 Å². The topological polar surface area (TPSA) is 0 Å². The largest absolute Gasteiger partial charge is 0.0582 e. The molecule has 0 saturated heterocycles. The maximum atomic E-state index is 3.70. The lowest BCUT2D eigenvalue weighted by atomic mass is 9.48. The molecule has 3 radical (unpaired) electrons. The molecule has 0 heterocycles. The Morgan fingerprint density at radius 1 is 0.485 bits per heavy atom. The van der Waals surface area contributed by atoms with E-state index < -0.39 is 0 Å². The summed E-state index contributed by atoms with van der Waals surface area (Å²) in [6, 6.07) is 19.2. The van der Waals surface area contributed by atoms with Gasteiger partial charge in [0, 0.05) is 0 Å². The first-order valence-corrected chi connectivity index (χ1v) is 14.0. The van der Waals surface area contributed by atoms with E-state index in [2.05, 4.69) is 61.4 Å². The van der Waals surface area contributed by atoms with Crippen molar-refractivity contribution in [2.75, 3.05) is 0 Å². The molecule has 8 aliphatic carbocycles. The van der Waals surface area contributed by atoms with Crippen molar-refractivity contribution in [1.29, 1.82) is 0 Å². The normalized spacial score (nSPS) is 44.5. The van der Waals surface area contributed by atoms with Gasteiger partial charge in [-0.15, -0.1) is 0 Å². The lowest BCUT2D eigenvalue weighted by molar-refractivity contribution is -0.00519. The van der Waals surface area contributed by atoms with E-state index in [1.165, 1.54) is 81.8 Å². The predicted molar refractivity (Wildman–Crippen MR) is 134 cm³/mol. The molecule has 33 heavy (non-hydrogen) atoms. The molecule has 0 N–H and O–H groups in total. The predicted octanol–water partition coefficient (Wildman–Crippen LogP) is 7.91. The summed E-state index contributed by atoms with van der Waals surface area (Å²) in [5, 5.41) is 0. The second kappa shape index (κ2) is 6.99. The summed E-state index contributed by atoms with van der Waals surface area (Å²) in [6.45, 7) is 0. The Bertz CT molecular complexity index is 882. The van der Waals surface area contributed by atoms with Gasteiger partial charge in [-0.05, 0) is 146 Å². The summed E-state index contributed by atoms with van der Waals surface area (Å²) in [4.78, 5) is 0. The average Bonchev–Trinajstić information content (AvgIpc) is 2.78. The molecule has 2 aromatic rings. The van der Waals surface area contributed by atoms with Gasteiger partial charge < -0.3 is 0 Å². The monoisotopic (exact) mass is 433 g/mol. The summed E-state index contributed by atoms with van der Waals surface area (Å²) < 4.78 is 0. The molecule has 169 valence electrons. The van der Waals surface area contributed by atoms with Crippen molar-refractivity contribution in [3.05, 3.63) is 83.6 Å². The SMILES string of the molecule is [C](c1ccc(C23CC4[CH]C(CC(C4)C2)C3)cc1)c1ccc(C23CC4CC(CC(C4)C2)C3)cc1. The first kappa shape index (κ1) is 19.7. The Kier molecular flexibility index (Phi) is 4.18. The molecule has 10 rings (SSSR count). The second-order valence-electron chi connectivity index (χ2n) is 13.4. The molecular formula is C33H37. The smallest absolute Gasteiger partial charge is 0.0501 e. The summed E-state index contributed by atoms with van der Waals surface area (Å²) in [7, 11) is 0. The van der Waals surface area contributed by atoms with E-state index in [0.717, 1.165) is 35.5 Å². The van der Waals surface area contributed by atoms with Crippen LogP contribution >= 0.6 is 0 Å². The number of hydrogen-bond acceptors (Lipinski definition) is 0. The van der Waals surface area contributed by atoms with Crippen LogP contribution in [0.4, 0.5) is 0 Å². The Labute approximate surface area is 200 Å². The van der Waals surface area contributed by atoms with Crippen molar-refractivity contribution in [2.24, 2.45) is 35.5 Å². The average molecular weight is 434 g/mol. The Balaban J connectivity index is 0.994. The highest BCUT2D eigenvalue weighted by atomic mass is 14.6. The third kappa shape index (κ3) is 3.15. The molecule has 2 unspecified atom stereocenters. The Morgan fingerprint density at radius 2 is 0.879 bits per heavy atom. The van der Waals surface area contributed by atoms with Gasteiger partial charge in [0.1, 0.15) is 0 Å². The molecule has 2 atom stereocenters. The van der Waals surface area contributed by atoms with Crippen LogP contribution in [0.3, 0.4) is 0 Å². The molecule has 8 aliphatic rings. The summed E-state index contributed by atoms with van der Waals surface area (Å²) >= 11 is 0. The zero-order chi connectivity index (χ0) is 21.6. The van der Waals surface area contributed by atoms with Crippen molar-refractivity contribution >= 4 is 0 Å². The maximum Gasteiger partial charge on any atom is 0.0501 e. The van der Waals surface area contributed by atoms with Crippen molar-refractivity contribution < 1.29 is 0 Å².